The number of pyridine rings is 1. The van der Waals surface area contributed by atoms with Crippen LogP contribution in [0.25, 0.3) is 0 Å². The molecule has 0 amide bonds. The molecular weight excluding hydrogens is 277 g/mol. The Bertz CT molecular complexity index is 455. The summed E-state index contributed by atoms with van der Waals surface area (Å²) in [5, 5.41) is 0. The van der Waals surface area contributed by atoms with Crippen molar-refractivity contribution >= 4 is 27.5 Å². The normalized spacial score (nSPS) is 10.5. The molecule has 0 aliphatic heterocycles. The van der Waals surface area contributed by atoms with Crippen molar-refractivity contribution < 1.29 is 0 Å². The highest BCUT2D eigenvalue weighted by atomic mass is 79.9. The van der Waals surface area contributed by atoms with Gasteiger partial charge in [0.1, 0.15) is 5.82 Å². The van der Waals surface area contributed by atoms with Gasteiger partial charge >= 0.3 is 0 Å². The highest BCUT2D eigenvalue weighted by Gasteiger charge is 2.05. The van der Waals surface area contributed by atoms with E-state index in [2.05, 4.69) is 25.9 Å². The van der Waals surface area contributed by atoms with Gasteiger partial charge in [0.2, 0.25) is 0 Å². The third kappa shape index (κ3) is 2.38. The van der Waals surface area contributed by atoms with Crippen molar-refractivity contribution in [3.05, 3.63) is 46.7 Å². The molecule has 0 bridgehead atoms. The van der Waals surface area contributed by atoms with Crippen molar-refractivity contribution in [1.29, 1.82) is 0 Å². The van der Waals surface area contributed by atoms with Gasteiger partial charge in [0.25, 0.3) is 0 Å². The molecular formula is C10H9BrClN3. The van der Waals surface area contributed by atoms with E-state index in [1.54, 1.807) is 12.4 Å². The summed E-state index contributed by atoms with van der Waals surface area (Å²) in [7, 11) is 0. The van der Waals surface area contributed by atoms with Gasteiger partial charge in [0.15, 0.2) is 0 Å². The van der Waals surface area contributed by atoms with Crippen molar-refractivity contribution in [3.63, 3.8) is 0 Å². The zero-order valence-electron chi connectivity index (χ0n) is 7.90. The zero-order chi connectivity index (χ0) is 10.7. The van der Waals surface area contributed by atoms with Crippen LogP contribution in [0.5, 0.6) is 0 Å². The summed E-state index contributed by atoms with van der Waals surface area (Å²) in [5.74, 6) is 1.27. The first-order chi connectivity index (χ1) is 7.31. The molecule has 2 rings (SSSR count). The molecule has 0 radical (unpaired) electrons. The Kier molecular flexibility index (Phi) is 3.38. The van der Waals surface area contributed by atoms with Gasteiger partial charge in [0.05, 0.1) is 18.1 Å². The van der Waals surface area contributed by atoms with Crippen molar-refractivity contribution in [3.8, 4) is 0 Å². The smallest absolute Gasteiger partial charge is 0.123 e. The molecule has 2 aromatic heterocycles. The molecule has 0 N–H and O–H groups in total. The van der Waals surface area contributed by atoms with Crippen LogP contribution in [0, 0.1) is 0 Å². The lowest BCUT2D eigenvalue weighted by molar-refractivity contribution is 0.733. The second kappa shape index (κ2) is 4.77. The number of hydrogen-bond acceptors (Lipinski definition) is 2. The first-order valence-corrected chi connectivity index (χ1v) is 5.79. The second-order valence-electron chi connectivity index (χ2n) is 3.04. The molecule has 15 heavy (non-hydrogen) atoms. The van der Waals surface area contributed by atoms with Crippen LogP contribution in [-0.2, 0) is 12.4 Å². The van der Waals surface area contributed by atoms with E-state index in [4.69, 9.17) is 11.6 Å². The van der Waals surface area contributed by atoms with Crippen LogP contribution >= 0.6 is 27.5 Å². The topological polar surface area (TPSA) is 30.7 Å². The summed E-state index contributed by atoms with van der Waals surface area (Å²) in [6.07, 6.45) is 5.42. The monoisotopic (exact) mass is 285 g/mol. The minimum absolute atomic E-state index is 0.414. The van der Waals surface area contributed by atoms with Crippen LogP contribution < -0.4 is 0 Å². The minimum atomic E-state index is 0.414. The fourth-order valence-electron chi connectivity index (χ4n) is 1.31. The second-order valence-corrected chi connectivity index (χ2v) is 4.16. The average molecular weight is 287 g/mol. The molecule has 3 nitrogen and oxygen atoms in total. The van der Waals surface area contributed by atoms with Crippen LogP contribution in [0.4, 0.5) is 0 Å². The van der Waals surface area contributed by atoms with Crippen molar-refractivity contribution in [2.24, 2.45) is 0 Å². The molecule has 2 aromatic rings. The fraction of sp³-hybridized carbons (Fsp3) is 0.200. The van der Waals surface area contributed by atoms with Crippen molar-refractivity contribution in [2.75, 3.05) is 0 Å². The standard InChI is InChI=1S/C10H9BrClN3/c11-8-2-1-3-13-9(8)7-15-5-4-14-10(15)6-12/h1-5H,6-7H2. The molecule has 0 aliphatic carbocycles. The van der Waals surface area contributed by atoms with Gasteiger partial charge < -0.3 is 4.57 Å². The molecule has 0 atom stereocenters. The molecule has 0 fully saturated rings. The molecule has 0 aliphatic rings. The van der Waals surface area contributed by atoms with E-state index in [9.17, 15) is 0 Å². The Labute approximate surface area is 101 Å². The number of imidazole rings is 1. The number of hydrogen-bond donors (Lipinski definition) is 0. The van der Waals surface area contributed by atoms with Crippen molar-refractivity contribution in [2.45, 2.75) is 12.4 Å². The van der Waals surface area contributed by atoms with Gasteiger partial charge in [-0.25, -0.2) is 4.98 Å². The Morgan fingerprint density at radius 2 is 2.20 bits per heavy atom. The van der Waals surface area contributed by atoms with E-state index in [-0.39, 0.29) is 0 Å². The van der Waals surface area contributed by atoms with Crippen molar-refractivity contribution in [1.82, 2.24) is 14.5 Å². The first kappa shape index (κ1) is 10.6. The van der Waals surface area contributed by atoms with Gasteiger partial charge in [-0.2, -0.15) is 0 Å². The molecule has 2 heterocycles. The zero-order valence-corrected chi connectivity index (χ0v) is 10.2. The van der Waals surface area contributed by atoms with Gasteiger partial charge in [-0.15, -0.1) is 11.6 Å². The maximum atomic E-state index is 5.76. The summed E-state index contributed by atoms with van der Waals surface area (Å²) in [6, 6.07) is 3.86. The lowest BCUT2D eigenvalue weighted by atomic mass is 10.3. The SMILES string of the molecule is ClCc1nccn1Cc1ncccc1Br. The molecule has 78 valence electrons. The van der Waals surface area contributed by atoms with Crippen LogP contribution in [0.2, 0.25) is 0 Å². The average Bonchev–Trinajstić information content (AvgIpc) is 2.69. The Hall–Kier alpha value is -0.870. The Morgan fingerprint density at radius 1 is 1.33 bits per heavy atom. The third-order valence-electron chi connectivity index (χ3n) is 2.08. The molecule has 5 heteroatoms. The lowest BCUT2D eigenvalue weighted by Gasteiger charge is -2.06. The van der Waals surface area contributed by atoms with E-state index in [0.29, 0.717) is 12.4 Å². The van der Waals surface area contributed by atoms with Gasteiger partial charge in [-0.3, -0.25) is 4.98 Å². The number of nitrogens with zero attached hydrogens (tertiary/aromatic N) is 3. The maximum absolute atomic E-state index is 5.76. The number of aromatic nitrogens is 3. The summed E-state index contributed by atoms with van der Waals surface area (Å²) in [4.78, 5) is 8.44. The quantitative estimate of drug-likeness (QED) is 0.812. The number of alkyl halides is 1. The molecule has 0 saturated heterocycles. The van der Waals surface area contributed by atoms with Crippen LogP contribution in [0.1, 0.15) is 11.5 Å². The predicted octanol–water partition coefficient (Wildman–Crippen LogP) is 2.83. The maximum Gasteiger partial charge on any atom is 0.123 e. The molecule has 0 spiro atoms. The lowest BCUT2D eigenvalue weighted by Crippen LogP contribution is -2.04. The Morgan fingerprint density at radius 3 is 2.93 bits per heavy atom. The highest BCUT2D eigenvalue weighted by Crippen LogP contribution is 2.15. The first-order valence-electron chi connectivity index (χ1n) is 4.46. The number of rotatable bonds is 3. The van der Waals surface area contributed by atoms with Gasteiger partial charge in [-0.1, -0.05) is 0 Å². The van der Waals surface area contributed by atoms with E-state index < -0.39 is 0 Å². The third-order valence-corrected chi connectivity index (χ3v) is 3.04. The van der Waals surface area contributed by atoms with E-state index in [1.807, 2.05) is 22.9 Å². The number of halogens is 2. The van der Waals surface area contributed by atoms with Gasteiger partial charge in [0, 0.05) is 23.1 Å². The van der Waals surface area contributed by atoms with E-state index in [0.717, 1.165) is 16.0 Å². The molecule has 0 saturated carbocycles. The molecule has 0 unspecified atom stereocenters. The minimum Gasteiger partial charge on any atom is -0.328 e. The highest BCUT2D eigenvalue weighted by molar-refractivity contribution is 9.10. The summed E-state index contributed by atoms with van der Waals surface area (Å²) in [5.41, 5.74) is 0.974. The predicted molar refractivity (Wildman–Crippen MR) is 62.8 cm³/mol. The van der Waals surface area contributed by atoms with Crippen LogP contribution in [-0.4, -0.2) is 14.5 Å². The van der Waals surface area contributed by atoms with E-state index in [1.165, 1.54) is 0 Å². The van der Waals surface area contributed by atoms with Crippen LogP contribution in [0.3, 0.4) is 0 Å². The molecule has 0 aromatic carbocycles. The summed E-state index contributed by atoms with van der Waals surface area (Å²) < 4.78 is 2.99. The largest absolute Gasteiger partial charge is 0.328 e. The summed E-state index contributed by atoms with van der Waals surface area (Å²) in [6.45, 7) is 0.684. The Balaban J connectivity index is 2.26. The fourth-order valence-corrected chi connectivity index (χ4v) is 1.91. The van der Waals surface area contributed by atoms with Gasteiger partial charge in [-0.05, 0) is 28.1 Å². The van der Waals surface area contributed by atoms with Crippen LogP contribution in [0.15, 0.2) is 35.2 Å². The summed E-state index contributed by atoms with van der Waals surface area (Å²) >= 11 is 9.22. The van der Waals surface area contributed by atoms with E-state index >= 15 is 0 Å².